The molecule has 1 N–H and O–H groups in total. The zero-order valence-corrected chi connectivity index (χ0v) is 19.9. The van der Waals surface area contributed by atoms with Crippen LogP contribution in [0.4, 0.5) is 0 Å². The van der Waals surface area contributed by atoms with E-state index in [2.05, 4.69) is 6.07 Å². The van der Waals surface area contributed by atoms with Crippen LogP contribution in [0.15, 0.2) is 96.7 Å². The van der Waals surface area contributed by atoms with Crippen LogP contribution in [0.2, 0.25) is 0 Å². The molecule has 0 saturated heterocycles. The van der Waals surface area contributed by atoms with Gasteiger partial charge in [-0.15, -0.1) is 0 Å². The maximum Gasteiger partial charge on any atom is 0.323 e. The molecule has 36 heavy (non-hydrogen) atoms. The van der Waals surface area contributed by atoms with Crippen molar-refractivity contribution in [1.29, 1.82) is 5.26 Å². The van der Waals surface area contributed by atoms with Gasteiger partial charge in [0.2, 0.25) is 0 Å². The van der Waals surface area contributed by atoms with E-state index in [4.69, 9.17) is 0 Å². The van der Waals surface area contributed by atoms with Crippen LogP contribution in [0.3, 0.4) is 0 Å². The first-order valence-electron chi connectivity index (χ1n) is 11.8. The minimum Gasteiger partial charge on any atom is -0.480 e. The topological polar surface area (TPSA) is 86.3 Å². The maximum absolute atomic E-state index is 13.6. The average molecular weight is 478 g/mol. The molecule has 6 heteroatoms. The number of aliphatic carboxylic acids is 1. The molecule has 0 aliphatic heterocycles. The Morgan fingerprint density at radius 3 is 1.97 bits per heavy atom. The molecule has 0 unspecified atom stereocenters. The largest absolute Gasteiger partial charge is 0.480 e. The second-order valence-corrected chi connectivity index (χ2v) is 8.56. The molecule has 0 aliphatic carbocycles. The lowest BCUT2D eigenvalue weighted by Gasteiger charge is -2.22. The first-order chi connectivity index (χ1) is 17.5. The molecule has 4 rings (SSSR count). The molecule has 0 bridgehead atoms. The zero-order valence-electron chi connectivity index (χ0n) is 19.9. The quantitative estimate of drug-likeness (QED) is 0.259. The number of nitrogens with zero attached hydrogens (tertiary/aromatic N) is 3. The Balaban J connectivity index is 1.62. The van der Waals surface area contributed by atoms with Gasteiger partial charge in [0.25, 0.3) is 5.91 Å². The fraction of sp³-hybridized carbons (Fsp3) is 0.167. The van der Waals surface area contributed by atoms with Crippen LogP contribution >= 0.6 is 0 Å². The van der Waals surface area contributed by atoms with Crippen molar-refractivity contribution < 1.29 is 14.7 Å². The van der Waals surface area contributed by atoms with Gasteiger partial charge in [0, 0.05) is 35.8 Å². The normalized spacial score (nSPS) is 11.2. The number of hydrogen-bond acceptors (Lipinski definition) is 3. The van der Waals surface area contributed by atoms with Crippen LogP contribution in [0.1, 0.15) is 16.7 Å². The van der Waals surface area contributed by atoms with Gasteiger partial charge in [0.05, 0.1) is 0 Å². The highest BCUT2D eigenvalue weighted by molar-refractivity contribution is 6.04. The second kappa shape index (κ2) is 11.7. The lowest BCUT2D eigenvalue weighted by Crippen LogP contribution is -2.35. The van der Waals surface area contributed by atoms with Crippen LogP contribution in [-0.4, -0.2) is 39.5 Å². The van der Waals surface area contributed by atoms with Crippen LogP contribution in [0, 0.1) is 11.3 Å². The summed E-state index contributed by atoms with van der Waals surface area (Å²) >= 11 is 0. The second-order valence-electron chi connectivity index (χ2n) is 8.56. The Hall–Kier alpha value is -4.63. The van der Waals surface area contributed by atoms with Crippen molar-refractivity contribution in [2.75, 3.05) is 13.1 Å². The lowest BCUT2D eigenvalue weighted by molar-refractivity contribution is -0.137. The highest BCUT2D eigenvalue weighted by atomic mass is 16.4. The average Bonchev–Trinajstić information content (AvgIpc) is 3.24. The molecular weight excluding hydrogens is 450 g/mol. The number of aromatic nitrogens is 1. The molecule has 0 fully saturated rings. The van der Waals surface area contributed by atoms with Crippen molar-refractivity contribution in [2.45, 2.75) is 19.4 Å². The molecule has 0 saturated carbocycles. The number of carbonyl (C=O) groups is 2. The van der Waals surface area contributed by atoms with E-state index in [0.29, 0.717) is 31.5 Å². The van der Waals surface area contributed by atoms with E-state index in [1.165, 1.54) is 0 Å². The summed E-state index contributed by atoms with van der Waals surface area (Å²) < 4.78 is 1.62. The van der Waals surface area contributed by atoms with Gasteiger partial charge in [0.1, 0.15) is 18.2 Å². The number of fused-ring (bicyclic) bond motifs is 1. The predicted molar refractivity (Wildman–Crippen MR) is 140 cm³/mol. The molecule has 0 aliphatic rings. The first-order valence-corrected chi connectivity index (χ1v) is 11.8. The van der Waals surface area contributed by atoms with Gasteiger partial charge >= 0.3 is 5.97 Å². The third-order valence-corrected chi connectivity index (χ3v) is 6.09. The fourth-order valence-corrected chi connectivity index (χ4v) is 4.27. The van der Waals surface area contributed by atoms with E-state index in [0.717, 1.165) is 22.0 Å². The van der Waals surface area contributed by atoms with E-state index in [1.54, 1.807) is 21.7 Å². The maximum atomic E-state index is 13.6. The van der Waals surface area contributed by atoms with Gasteiger partial charge in [-0.2, -0.15) is 5.26 Å². The van der Waals surface area contributed by atoms with E-state index in [-0.39, 0.29) is 18.0 Å². The summed E-state index contributed by atoms with van der Waals surface area (Å²) in [5, 5.41) is 20.0. The number of hydrogen-bond donors (Lipinski definition) is 1. The van der Waals surface area contributed by atoms with Crippen molar-refractivity contribution in [1.82, 2.24) is 9.47 Å². The summed E-state index contributed by atoms with van der Waals surface area (Å²) in [7, 11) is 0. The molecule has 0 atom stereocenters. The zero-order chi connectivity index (χ0) is 25.3. The van der Waals surface area contributed by atoms with E-state index >= 15 is 0 Å². The lowest BCUT2D eigenvalue weighted by atomic mass is 10.1. The van der Waals surface area contributed by atoms with Gasteiger partial charge in [-0.25, -0.2) is 0 Å². The molecule has 0 spiro atoms. The van der Waals surface area contributed by atoms with E-state index < -0.39 is 5.97 Å². The van der Waals surface area contributed by atoms with Gasteiger partial charge in [0.15, 0.2) is 0 Å². The standard InChI is InChI=1S/C30H27N3O3/c31-20-25(19-26-21-33(22-29(34)35)28-14-8-7-13-27(26)28)30(36)32(17-15-23-9-3-1-4-10-23)18-16-24-11-5-2-6-12-24/h1-14,19,21H,15-18,22H2,(H,34,35)/b25-19+. The number of carbonyl (C=O) groups excluding carboxylic acids is 1. The fourth-order valence-electron chi connectivity index (χ4n) is 4.27. The van der Waals surface area contributed by atoms with Gasteiger partial charge < -0.3 is 14.6 Å². The van der Waals surface area contributed by atoms with Crippen molar-refractivity contribution >= 4 is 28.9 Å². The Morgan fingerprint density at radius 1 is 0.861 bits per heavy atom. The Labute approximate surface area is 210 Å². The minimum atomic E-state index is -0.962. The summed E-state index contributed by atoms with van der Waals surface area (Å²) in [5.41, 5.74) is 3.64. The molecule has 3 aromatic carbocycles. The molecule has 180 valence electrons. The smallest absolute Gasteiger partial charge is 0.323 e. The van der Waals surface area contributed by atoms with E-state index in [9.17, 15) is 20.0 Å². The molecule has 1 aromatic heterocycles. The minimum absolute atomic E-state index is 0.0225. The van der Waals surface area contributed by atoms with Crippen LogP contribution in [0.25, 0.3) is 17.0 Å². The third kappa shape index (κ3) is 6.08. The van der Waals surface area contributed by atoms with Crippen molar-refractivity contribution in [3.63, 3.8) is 0 Å². The number of benzene rings is 3. The Morgan fingerprint density at radius 2 is 1.42 bits per heavy atom. The van der Waals surface area contributed by atoms with Crippen LogP contribution in [-0.2, 0) is 29.0 Å². The highest BCUT2D eigenvalue weighted by Crippen LogP contribution is 2.24. The summed E-state index contributed by atoms with van der Waals surface area (Å²) in [5.74, 6) is -1.30. The number of carboxylic acids is 1. The molecular formula is C30H27N3O3. The number of nitriles is 1. The predicted octanol–water partition coefficient (Wildman–Crippen LogP) is 4.95. The SMILES string of the molecule is N#C/C(=C\c1cn(CC(=O)O)c2ccccc12)C(=O)N(CCc1ccccc1)CCc1ccccc1. The van der Waals surface area contributed by atoms with Crippen molar-refractivity contribution in [3.8, 4) is 6.07 Å². The molecule has 1 amide bonds. The number of para-hydroxylation sites is 1. The van der Waals surface area contributed by atoms with Gasteiger partial charge in [-0.1, -0.05) is 78.9 Å². The third-order valence-electron chi connectivity index (χ3n) is 6.09. The van der Waals surface area contributed by atoms with Crippen molar-refractivity contribution in [2.24, 2.45) is 0 Å². The molecule has 1 heterocycles. The Kier molecular flexibility index (Phi) is 7.94. The van der Waals surface area contributed by atoms with Gasteiger partial charge in [-0.05, 0) is 36.1 Å². The molecule has 0 radical (unpaired) electrons. The first kappa shape index (κ1) is 24.5. The van der Waals surface area contributed by atoms with Gasteiger partial charge in [-0.3, -0.25) is 9.59 Å². The summed E-state index contributed by atoms with van der Waals surface area (Å²) in [6, 6.07) is 29.4. The summed E-state index contributed by atoms with van der Waals surface area (Å²) in [6.07, 6.45) is 4.61. The van der Waals surface area contributed by atoms with E-state index in [1.807, 2.05) is 84.9 Å². The number of carboxylic acid groups (broad SMARTS) is 1. The molecule has 4 aromatic rings. The Bertz CT molecular complexity index is 1370. The number of rotatable bonds is 10. The molecule has 6 nitrogen and oxygen atoms in total. The number of amides is 1. The monoisotopic (exact) mass is 477 g/mol. The summed E-state index contributed by atoms with van der Waals surface area (Å²) in [6.45, 7) is 0.759. The van der Waals surface area contributed by atoms with Crippen LogP contribution < -0.4 is 0 Å². The summed E-state index contributed by atoms with van der Waals surface area (Å²) in [4.78, 5) is 26.6. The van der Waals surface area contributed by atoms with Crippen molar-refractivity contribution in [3.05, 3.63) is 113 Å². The highest BCUT2D eigenvalue weighted by Gasteiger charge is 2.20. The van der Waals surface area contributed by atoms with Crippen LogP contribution in [0.5, 0.6) is 0 Å².